The van der Waals surface area contributed by atoms with Crippen molar-refractivity contribution in [3.8, 4) is 0 Å². The van der Waals surface area contributed by atoms with Gasteiger partial charge in [-0.25, -0.2) is 0 Å². The Kier molecular flexibility index (Phi) is 4.40. The molecular weight excluding hydrogens is 283 g/mol. The van der Waals surface area contributed by atoms with Crippen molar-refractivity contribution in [1.29, 1.82) is 0 Å². The smallest absolute Gasteiger partial charge is 0.251 e. The second-order valence-electron chi connectivity index (χ2n) is 4.11. The van der Waals surface area contributed by atoms with Gasteiger partial charge in [-0.1, -0.05) is 29.3 Å². The molecule has 0 spiro atoms. The van der Waals surface area contributed by atoms with Crippen LogP contribution in [-0.4, -0.2) is 10.9 Å². The summed E-state index contributed by atoms with van der Waals surface area (Å²) in [5, 5.41) is 3.72. The van der Waals surface area contributed by atoms with E-state index < -0.39 is 0 Å². The number of pyridine rings is 1. The Morgan fingerprint density at radius 1 is 1.21 bits per heavy atom. The van der Waals surface area contributed by atoms with Gasteiger partial charge in [0, 0.05) is 21.8 Å². The van der Waals surface area contributed by atoms with Gasteiger partial charge >= 0.3 is 0 Å². The Morgan fingerprint density at radius 3 is 2.47 bits per heavy atom. The van der Waals surface area contributed by atoms with Crippen LogP contribution in [0.2, 0.25) is 10.0 Å². The molecule has 1 heterocycles. The summed E-state index contributed by atoms with van der Waals surface area (Å²) in [5.74, 6) is -0.234. The fourth-order valence-electron chi connectivity index (χ4n) is 1.67. The fourth-order valence-corrected chi connectivity index (χ4v) is 2.20. The molecule has 98 valence electrons. The molecule has 19 heavy (non-hydrogen) atoms. The van der Waals surface area contributed by atoms with E-state index in [0.717, 1.165) is 5.69 Å². The van der Waals surface area contributed by atoms with Crippen molar-refractivity contribution in [3.63, 3.8) is 0 Å². The lowest BCUT2D eigenvalue weighted by molar-refractivity contribution is 0.0939. The van der Waals surface area contributed by atoms with Crippen LogP contribution in [0.15, 0.2) is 42.6 Å². The molecule has 0 radical (unpaired) electrons. The van der Waals surface area contributed by atoms with Crippen LogP contribution < -0.4 is 5.32 Å². The number of nitrogens with zero attached hydrogens (tertiary/aromatic N) is 1. The summed E-state index contributed by atoms with van der Waals surface area (Å²) in [7, 11) is 0. The molecule has 0 saturated carbocycles. The number of rotatable bonds is 3. The Balaban J connectivity index is 2.13. The zero-order valence-corrected chi connectivity index (χ0v) is 11.7. The maximum Gasteiger partial charge on any atom is 0.251 e. The minimum Gasteiger partial charge on any atom is -0.344 e. The van der Waals surface area contributed by atoms with Crippen molar-refractivity contribution in [1.82, 2.24) is 10.3 Å². The lowest BCUT2D eigenvalue weighted by atomic mass is 10.1. The molecule has 5 heteroatoms. The average molecular weight is 295 g/mol. The van der Waals surface area contributed by atoms with Crippen LogP contribution in [0, 0.1) is 0 Å². The summed E-state index contributed by atoms with van der Waals surface area (Å²) < 4.78 is 0. The Labute approximate surface area is 121 Å². The normalized spacial score (nSPS) is 11.9. The molecule has 2 aromatic rings. The third kappa shape index (κ3) is 3.69. The number of carbonyl (C=O) groups is 1. The Hall–Kier alpha value is -1.58. The van der Waals surface area contributed by atoms with Crippen LogP contribution in [0.4, 0.5) is 0 Å². The molecule has 1 aromatic carbocycles. The zero-order valence-electron chi connectivity index (χ0n) is 10.2. The first-order chi connectivity index (χ1) is 9.06. The predicted octanol–water partition coefficient (Wildman–Crippen LogP) is 3.88. The first kappa shape index (κ1) is 13.8. The highest BCUT2D eigenvalue weighted by molar-refractivity contribution is 6.35. The molecule has 1 unspecified atom stereocenters. The summed E-state index contributed by atoms with van der Waals surface area (Å²) in [5.41, 5.74) is 1.23. The van der Waals surface area contributed by atoms with Gasteiger partial charge in [0.05, 0.1) is 11.7 Å². The van der Waals surface area contributed by atoms with Crippen LogP contribution in [0.25, 0.3) is 0 Å². The van der Waals surface area contributed by atoms with Crippen molar-refractivity contribution in [2.24, 2.45) is 0 Å². The number of aromatic nitrogens is 1. The minimum absolute atomic E-state index is 0.188. The quantitative estimate of drug-likeness (QED) is 0.933. The van der Waals surface area contributed by atoms with Crippen LogP contribution in [0.5, 0.6) is 0 Å². The molecule has 1 atom stereocenters. The van der Waals surface area contributed by atoms with Crippen molar-refractivity contribution in [3.05, 3.63) is 63.9 Å². The van der Waals surface area contributed by atoms with E-state index in [4.69, 9.17) is 23.2 Å². The number of carbonyl (C=O) groups excluding carboxylic acids is 1. The summed E-state index contributed by atoms with van der Waals surface area (Å²) in [6, 6.07) is 10.1. The first-order valence-electron chi connectivity index (χ1n) is 5.74. The van der Waals surface area contributed by atoms with Crippen LogP contribution in [0.3, 0.4) is 0 Å². The predicted molar refractivity (Wildman–Crippen MR) is 76.6 cm³/mol. The standard InChI is InChI=1S/C14H12Cl2N2O/c1-9(13-4-2-3-5-17-13)18-14(19)10-6-11(15)8-12(16)7-10/h2-9H,1H3,(H,18,19). The monoisotopic (exact) mass is 294 g/mol. The van der Waals surface area contributed by atoms with Gasteiger partial charge in [0.1, 0.15) is 0 Å². The minimum atomic E-state index is -0.234. The largest absolute Gasteiger partial charge is 0.344 e. The van der Waals surface area contributed by atoms with Gasteiger partial charge in [-0.3, -0.25) is 9.78 Å². The van der Waals surface area contributed by atoms with E-state index >= 15 is 0 Å². The number of hydrogen-bond donors (Lipinski definition) is 1. The maximum atomic E-state index is 12.1. The molecule has 0 fully saturated rings. The maximum absolute atomic E-state index is 12.1. The Bertz CT molecular complexity index is 567. The van der Waals surface area contributed by atoms with E-state index in [-0.39, 0.29) is 11.9 Å². The first-order valence-corrected chi connectivity index (χ1v) is 6.50. The lowest BCUT2D eigenvalue weighted by Crippen LogP contribution is -2.27. The highest BCUT2D eigenvalue weighted by Gasteiger charge is 2.13. The van der Waals surface area contributed by atoms with Crippen LogP contribution in [-0.2, 0) is 0 Å². The Morgan fingerprint density at radius 2 is 1.89 bits per heavy atom. The van der Waals surface area contributed by atoms with Gasteiger partial charge in [-0.05, 0) is 37.3 Å². The highest BCUT2D eigenvalue weighted by atomic mass is 35.5. The molecule has 0 aliphatic carbocycles. The van der Waals surface area contributed by atoms with E-state index in [1.165, 1.54) is 0 Å². The van der Waals surface area contributed by atoms with E-state index in [2.05, 4.69) is 10.3 Å². The van der Waals surface area contributed by atoms with E-state index in [9.17, 15) is 4.79 Å². The lowest BCUT2D eigenvalue weighted by Gasteiger charge is -2.13. The van der Waals surface area contributed by atoms with Gasteiger partial charge in [0.2, 0.25) is 0 Å². The fraction of sp³-hybridized carbons (Fsp3) is 0.143. The van der Waals surface area contributed by atoms with Crippen molar-refractivity contribution in [2.75, 3.05) is 0 Å². The molecule has 0 bridgehead atoms. The highest BCUT2D eigenvalue weighted by Crippen LogP contribution is 2.19. The second-order valence-corrected chi connectivity index (χ2v) is 4.98. The van der Waals surface area contributed by atoms with Crippen LogP contribution in [0.1, 0.15) is 29.0 Å². The third-order valence-corrected chi connectivity index (χ3v) is 3.04. The molecular formula is C14H12Cl2N2O. The molecule has 0 aliphatic heterocycles. The van der Waals surface area contributed by atoms with Crippen LogP contribution >= 0.6 is 23.2 Å². The summed E-state index contributed by atoms with van der Waals surface area (Å²) >= 11 is 11.7. The zero-order chi connectivity index (χ0) is 13.8. The number of hydrogen-bond acceptors (Lipinski definition) is 2. The van der Waals surface area contributed by atoms with Gasteiger partial charge in [0.25, 0.3) is 5.91 Å². The van der Waals surface area contributed by atoms with Crippen molar-refractivity contribution >= 4 is 29.1 Å². The summed E-state index contributed by atoms with van der Waals surface area (Å²) in [4.78, 5) is 16.3. The molecule has 2 rings (SSSR count). The van der Waals surface area contributed by atoms with Gasteiger partial charge in [-0.2, -0.15) is 0 Å². The van der Waals surface area contributed by atoms with Gasteiger partial charge in [-0.15, -0.1) is 0 Å². The average Bonchev–Trinajstić information content (AvgIpc) is 2.38. The number of nitrogens with one attached hydrogen (secondary N) is 1. The topological polar surface area (TPSA) is 42.0 Å². The molecule has 3 nitrogen and oxygen atoms in total. The van der Waals surface area contributed by atoms with Gasteiger partial charge < -0.3 is 5.32 Å². The number of halogens is 2. The van der Waals surface area contributed by atoms with Crippen molar-refractivity contribution < 1.29 is 4.79 Å². The molecule has 0 aliphatic rings. The summed E-state index contributed by atoms with van der Waals surface area (Å²) in [6.45, 7) is 1.87. The molecule has 0 saturated heterocycles. The van der Waals surface area contributed by atoms with Gasteiger partial charge in [0.15, 0.2) is 0 Å². The summed E-state index contributed by atoms with van der Waals surface area (Å²) in [6.07, 6.45) is 1.69. The van der Waals surface area contributed by atoms with Crippen molar-refractivity contribution in [2.45, 2.75) is 13.0 Å². The van der Waals surface area contributed by atoms with E-state index in [1.54, 1.807) is 24.4 Å². The molecule has 1 N–H and O–H groups in total. The molecule has 1 amide bonds. The molecule has 1 aromatic heterocycles. The third-order valence-electron chi connectivity index (χ3n) is 2.60. The SMILES string of the molecule is CC(NC(=O)c1cc(Cl)cc(Cl)c1)c1ccccn1. The number of benzene rings is 1. The van der Waals surface area contributed by atoms with E-state index in [1.807, 2.05) is 25.1 Å². The van der Waals surface area contributed by atoms with E-state index in [0.29, 0.717) is 15.6 Å². The number of amides is 1. The second kappa shape index (κ2) is 6.04.